The summed E-state index contributed by atoms with van der Waals surface area (Å²) in [7, 11) is 0. The van der Waals surface area contributed by atoms with E-state index in [9.17, 15) is 4.79 Å². The topological polar surface area (TPSA) is 59.3 Å². The van der Waals surface area contributed by atoms with E-state index in [1.165, 1.54) is 0 Å². The highest BCUT2D eigenvalue weighted by Gasteiger charge is 2.07. The van der Waals surface area contributed by atoms with Gasteiger partial charge in [0.25, 0.3) is 0 Å². The number of nitrogens with zero attached hydrogens (tertiary/aromatic N) is 3. The van der Waals surface area contributed by atoms with Gasteiger partial charge in [0, 0.05) is 22.5 Å². The van der Waals surface area contributed by atoms with Crippen molar-refractivity contribution in [2.24, 2.45) is 0 Å². The molecule has 0 fully saturated rings. The minimum atomic E-state index is 0.0272. The molecule has 0 saturated carbocycles. The summed E-state index contributed by atoms with van der Waals surface area (Å²) in [6.07, 6.45) is 3.20. The SMILES string of the molecule is O=C(CCCSc1ccc(Cl)cc1)NCc1nnc2ccccn12. The van der Waals surface area contributed by atoms with Crippen molar-refractivity contribution in [1.29, 1.82) is 0 Å². The summed E-state index contributed by atoms with van der Waals surface area (Å²) in [6.45, 7) is 0.383. The van der Waals surface area contributed by atoms with Gasteiger partial charge in [-0.05, 0) is 48.6 Å². The van der Waals surface area contributed by atoms with Gasteiger partial charge in [-0.15, -0.1) is 22.0 Å². The first-order chi connectivity index (χ1) is 11.7. The molecule has 3 aromatic rings. The van der Waals surface area contributed by atoms with Crippen LogP contribution in [0.15, 0.2) is 53.6 Å². The maximum atomic E-state index is 11.9. The molecule has 0 radical (unpaired) electrons. The molecule has 0 aliphatic heterocycles. The summed E-state index contributed by atoms with van der Waals surface area (Å²) in [5.74, 6) is 1.65. The number of benzene rings is 1. The van der Waals surface area contributed by atoms with Gasteiger partial charge in [-0.3, -0.25) is 9.20 Å². The molecule has 0 spiro atoms. The summed E-state index contributed by atoms with van der Waals surface area (Å²) in [5.41, 5.74) is 0.779. The quantitative estimate of drug-likeness (QED) is 0.517. The number of halogens is 1. The summed E-state index contributed by atoms with van der Waals surface area (Å²) < 4.78 is 1.87. The van der Waals surface area contributed by atoms with Crippen molar-refractivity contribution >= 4 is 34.9 Å². The van der Waals surface area contributed by atoms with E-state index < -0.39 is 0 Å². The van der Waals surface area contributed by atoms with Gasteiger partial charge in [0.05, 0.1) is 6.54 Å². The molecule has 0 bridgehead atoms. The van der Waals surface area contributed by atoms with Crippen molar-refractivity contribution in [3.8, 4) is 0 Å². The van der Waals surface area contributed by atoms with Crippen LogP contribution in [0.5, 0.6) is 0 Å². The van der Waals surface area contributed by atoms with E-state index in [4.69, 9.17) is 11.6 Å². The molecule has 7 heteroatoms. The first-order valence-corrected chi connectivity index (χ1v) is 9.02. The van der Waals surface area contributed by atoms with Crippen LogP contribution in [0, 0.1) is 0 Å². The Kier molecular flexibility index (Phi) is 5.72. The van der Waals surface area contributed by atoms with E-state index in [-0.39, 0.29) is 5.91 Å². The average Bonchev–Trinajstić information content (AvgIpc) is 3.02. The highest BCUT2D eigenvalue weighted by molar-refractivity contribution is 7.99. The molecule has 0 atom stereocenters. The molecule has 5 nitrogen and oxygen atoms in total. The van der Waals surface area contributed by atoms with Gasteiger partial charge in [0.2, 0.25) is 5.91 Å². The predicted octanol–water partition coefficient (Wildman–Crippen LogP) is 3.57. The molecular weight excluding hydrogens is 344 g/mol. The van der Waals surface area contributed by atoms with Gasteiger partial charge in [0.1, 0.15) is 0 Å². The van der Waals surface area contributed by atoms with Crippen LogP contribution in [0.25, 0.3) is 5.65 Å². The molecule has 24 heavy (non-hydrogen) atoms. The number of aromatic nitrogens is 3. The third-order valence-corrected chi connectivity index (χ3v) is 4.81. The van der Waals surface area contributed by atoms with Gasteiger partial charge in [-0.2, -0.15) is 0 Å². The molecule has 3 rings (SSSR count). The summed E-state index contributed by atoms with van der Waals surface area (Å²) >= 11 is 7.58. The Morgan fingerprint density at radius 3 is 2.83 bits per heavy atom. The Morgan fingerprint density at radius 1 is 1.17 bits per heavy atom. The largest absolute Gasteiger partial charge is 0.349 e. The van der Waals surface area contributed by atoms with Crippen LogP contribution >= 0.6 is 23.4 Å². The fourth-order valence-electron chi connectivity index (χ4n) is 2.23. The Balaban J connectivity index is 1.39. The number of carbonyl (C=O) groups is 1. The number of carbonyl (C=O) groups excluding carboxylic acids is 1. The predicted molar refractivity (Wildman–Crippen MR) is 96.2 cm³/mol. The van der Waals surface area contributed by atoms with E-state index in [1.807, 2.05) is 53.1 Å². The number of amides is 1. The Labute approximate surface area is 149 Å². The standard InChI is InChI=1S/C17H17ClN4OS/c18-13-6-8-14(9-7-13)24-11-3-5-17(23)19-12-16-21-20-15-4-1-2-10-22(15)16/h1-2,4,6-10H,3,5,11-12H2,(H,19,23). The van der Waals surface area contributed by atoms with Crippen LogP contribution in [-0.2, 0) is 11.3 Å². The van der Waals surface area contributed by atoms with Crippen molar-refractivity contribution < 1.29 is 4.79 Å². The average molecular weight is 361 g/mol. The Morgan fingerprint density at radius 2 is 2.00 bits per heavy atom. The lowest BCUT2D eigenvalue weighted by Gasteiger charge is -2.05. The first kappa shape index (κ1) is 16.8. The van der Waals surface area contributed by atoms with Crippen molar-refractivity contribution in [3.63, 3.8) is 0 Å². The maximum absolute atomic E-state index is 11.9. The van der Waals surface area contributed by atoms with E-state index in [1.54, 1.807) is 11.8 Å². The van der Waals surface area contributed by atoms with Crippen molar-refractivity contribution in [1.82, 2.24) is 19.9 Å². The lowest BCUT2D eigenvalue weighted by atomic mass is 10.3. The molecule has 0 saturated heterocycles. The lowest BCUT2D eigenvalue weighted by molar-refractivity contribution is -0.121. The zero-order chi connectivity index (χ0) is 16.8. The minimum absolute atomic E-state index is 0.0272. The molecule has 124 valence electrons. The van der Waals surface area contributed by atoms with Crippen LogP contribution in [0.1, 0.15) is 18.7 Å². The third-order valence-electron chi connectivity index (χ3n) is 3.46. The summed E-state index contributed by atoms with van der Waals surface area (Å²) in [5, 5.41) is 11.8. The van der Waals surface area contributed by atoms with Crippen LogP contribution in [-0.4, -0.2) is 26.3 Å². The van der Waals surface area contributed by atoms with Crippen LogP contribution in [0.4, 0.5) is 0 Å². The minimum Gasteiger partial charge on any atom is -0.349 e. The molecule has 0 unspecified atom stereocenters. The van der Waals surface area contributed by atoms with E-state index in [0.717, 1.165) is 33.6 Å². The van der Waals surface area contributed by atoms with Crippen molar-refractivity contribution in [2.45, 2.75) is 24.3 Å². The third kappa shape index (κ3) is 4.49. The van der Waals surface area contributed by atoms with E-state index in [2.05, 4.69) is 15.5 Å². The number of pyridine rings is 1. The number of hydrogen-bond donors (Lipinski definition) is 1. The van der Waals surface area contributed by atoms with Gasteiger partial charge in [0.15, 0.2) is 11.5 Å². The fourth-order valence-corrected chi connectivity index (χ4v) is 3.21. The molecule has 0 aliphatic rings. The van der Waals surface area contributed by atoms with Gasteiger partial charge in [-0.1, -0.05) is 17.7 Å². The van der Waals surface area contributed by atoms with Crippen LogP contribution in [0.2, 0.25) is 5.02 Å². The molecular formula is C17H17ClN4OS. The molecule has 0 aliphatic carbocycles. The van der Waals surface area contributed by atoms with E-state index >= 15 is 0 Å². The maximum Gasteiger partial charge on any atom is 0.220 e. The number of rotatable bonds is 7. The Bertz CT molecular complexity index is 819. The van der Waals surface area contributed by atoms with Crippen LogP contribution < -0.4 is 5.32 Å². The number of nitrogens with one attached hydrogen (secondary N) is 1. The van der Waals surface area contributed by atoms with Crippen molar-refractivity contribution in [3.05, 3.63) is 59.5 Å². The highest BCUT2D eigenvalue weighted by Crippen LogP contribution is 2.21. The van der Waals surface area contributed by atoms with Gasteiger partial charge in [-0.25, -0.2) is 0 Å². The number of thioether (sulfide) groups is 1. The van der Waals surface area contributed by atoms with E-state index in [0.29, 0.717) is 13.0 Å². The molecule has 1 aromatic carbocycles. The zero-order valence-corrected chi connectivity index (χ0v) is 14.6. The smallest absolute Gasteiger partial charge is 0.220 e. The second-order valence-electron chi connectivity index (χ2n) is 5.23. The lowest BCUT2D eigenvalue weighted by Crippen LogP contribution is -2.23. The number of hydrogen-bond acceptors (Lipinski definition) is 4. The molecule has 2 aromatic heterocycles. The second kappa shape index (κ2) is 8.17. The normalized spacial score (nSPS) is 10.9. The molecule has 1 N–H and O–H groups in total. The first-order valence-electron chi connectivity index (χ1n) is 7.66. The highest BCUT2D eigenvalue weighted by atomic mass is 35.5. The fraction of sp³-hybridized carbons (Fsp3) is 0.235. The summed E-state index contributed by atoms with van der Waals surface area (Å²) in [4.78, 5) is 13.1. The molecule has 2 heterocycles. The monoisotopic (exact) mass is 360 g/mol. The summed E-state index contributed by atoms with van der Waals surface area (Å²) in [6, 6.07) is 13.4. The molecule has 1 amide bonds. The number of fused-ring (bicyclic) bond motifs is 1. The zero-order valence-electron chi connectivity index (χ0n) is 13.0. The Hall–Kier alpha value is -2.05. The van der Waals surface area contributed by atoms with Gasteiger partial charge >= 0.3 is 0 Å². The van der Waals surface area contributed by atoms with Crippen molar-refractivity contribution in [2.75, 3.05) is 5.75 Å². The van der Waals surface area contributed by atoms with Gasteiger partial charge < -0.3 is 5.32 Å². The second-order valence-corrected chi connectivity index (χ2v) is 6.83. The van der Waals surface area contributed by atoms with Crippen LogP contribution in [0.3, 0.4) is 0 Å².